The molecule has 2 aromatic heterocycles. The van der Waals surface area contributed by atoms with Crippen molar-refractivity contribution in [1.29, 1.82) is 0 Å². The van der Waals surface area contributed by atoms with Gasteiger partial charge >= 0.3 is 0 Å². The number of aromatic nitrogens is 3. The van der Waals surface area contributed by atoms with Crippen molar-refractivity contribution < 1.29 is 10.2 Å². The minimum atomic E-state index is -0.926. The van der Waals surface area contributed by atoms with Crippen molar-refractivity contribution in [1.82, 2.24) is 20.3 Å². The molecule has 2 aromatic rings. The first-order chi connectivity index (χ1) is 9.50. The van der Waals surface area contributed by atoms with Gasteiger partial charge in [-0.15, -0.1) is 0 Å². The van der Waals surface area contributed by atoms with Crippen LogP contribution >= 0.6 is 12.6 Å². The molecular formula is C12H17N5O2S. The third-order valence-electron chi connectivity index (χ3n) is 3.81. The van der Waals surface area contributed by atoms with Crippen LogP contribution in [0.1, 0.15) is 18.5 Å². The molecule has 0 spiro atoms. The summed E-state index contributed by atoms with van der Waals surface area (Å²) in [6.07, 6.45) is 1.31. The number of nitrogens with two attached hydrogens (primary N) is 1. The van der Waals surface area contributed by atoms with Gasteiger partial charge in [-0.05, 0) is 0 Å². The van der Waals surface area contributed by atoms with Crippen LogP contribution in [-0.4, -0.2) is 48.7 Å². The van der Waals surface area contributed by atoms with Crippen molar-refractivity contribution in [3.63, 3.8) is 0 Å². The molecule has 6 N–H and O–H groups in total. The Balaban J connectivity index is 2.02. The number of aliphatic hydroxyl groups excluding tert-OH is 2. The van der Waals surface area contributed by atoms with Crippen LogP contribution in [0.3, 0.4) is 0 Å². The van der Waals surface area contributed by atoms with E-state index in [2.05, 4.69) is 32.9 Å². The Morgan fingerprint density at radius 3 is 2.75 bits per heavy atom. The molecule has 0 aliphatic carbocycles. The number of fused-ring (bicyclic) bond motifs is 1. The van der Waals surface area contributed by atoms with Crippen LogP contribution in [0.15, 0.2) is 12.5 Å². The largest absolute Gasteiger partial charge is 0.389 e. The number of rotatable bonds is 2. The number of nitrogens with zero attached hydrogens (tertiary/aromatic N) is 2. The molecule has 0 aromatic carbocycles. The molecule has 108 valence electrons. The maximum atomic E-state index is 10.2. The summed E-state index contributed by atoms with van der Waals surface area (Å²) in [5.41, 5.74) is 7.82. The van der Waals surface area contributed by atoms with Crippen molar-refractivity contribution in [2.75, 3.05) is 5.73 Å². The van der Waals surface area contributed by atoms with Gasteiger partial charge in [-0.2, -0.15) is 12.6 Å². The highest BCUT2D eigenvalue weighted by atomic mass is 32.1. The van der Waals surface area contributed by atoms with E-state index in [0.717, 1.165) is 5.56 Å². The maximum Gasteiger partial charge on any atom is 0.151 e. The summed E-state index contributed by atoms with van der Waals surface area (Å²) in [6, 6.07) is -0.713. The molecule has 20 heavy (non-hydrogen) atoms. The van der Waals surface area contributed by atoms with E-state index in [0.29, 0.717) is 16.9 Å². The van der Waals surface area contributed by atoms with Gasteiger partial charge in [-0.1, -0.05) is 6.92 Å². The summed E-state index contributed by atoms with van der Waals surface area (Å²) in [5, 5.41) is 23.5. The lowest BCUT2D eigenvalue weighted by Crippen LogP contribution is -2.39. The average Bonchev–Trinajstić information content (AvgIpc) is 2.94. The average molecular weight is 295 g/mol. The number of anilines is 1. The van der Waals surface area contributed by atoms with Crippen molar-refractivity contribution in [3.8, 4) is 0 Å². The summed E-state index contributed by atoms with van der Waals surface area (Å²) in [5.74, 6) is 0.355. The molecule has 5 unspecified atom stereocenters. The number of aliphatic hydroxyl groups is 2. The molecule has 0 amide bonds. The summed E-state index contributed by atoms with van der Waals surface area (Å²) >= 11 is 4.33. The van der Waals surface area contributed by atoms with Crippen LogP contribution in [-0.2, 0) is 0 Å². The van der Waals surface area contributed by atoms with Crippen LogP contribution < -0.4 is 11.1 Å². The second-order valence-electron chi connectivity index (χ2n) is 5.12. The minimum Gasteiger partial charge on any atom is -0.389 e. The normalized spacial score (nSPS) is 31.8. The van der Waals surface area contributed by atoms with Crippen molar-refractivity contribution in [3.05, 3.63) is 18.1 Å². The molecule has 8 heteroatoms. The summed E-state index contributed by atoms with van der Waals surface area (Å²) in [4.78, 5) is 11.1. The minimum absolute atomic E-state index is 0.0884. The number of H-pyrrole nitrogens is 1. The Hall–Kier alpha value is -1.35. The van der Waals surface area contributed by atoms with E-state index in [1.54, 1.807) is 6.20 Å². The van der Waals surface area contributed by atoms with Crippen molar-refractivity contribution in [2.45, 2.75) is 36.5 Å². The number of thiol groups is 1. The van der Waals surface area contributed by atoms with Crippen molar-refractivity contribution >= 4 is 29.5 Å². The van der Waals surface area contributed by atoms with Gasteiger partial charge in [0.25, 0.3) is 0 Å². The summed E-state index contributed by atoms with van der Waals surface area (Å²) in [7, 11) is 0. The van der Waals surface area contributed by atoms with Gasteiger partial charge in [-0.25, -0.2) is 9.97 Å². The zero-order chi connectivity index (χ0) is 14.4. The van der Waals surface area contributed by atoms with E-state index in [1.165, 1.54) is 6.33 Å². The number of nitrogen functional groups attached to an aromatic ring is 1. The Bertz CT molecular complexity index is 631. The highest BCUT2D eigenvalue weighted by molar-refractivity contribution is 7.81. The monoisotopic (exact) mass is 295 g/mol. The highest BCUT2D eigenvalue weighted by Crippen LogP contribution is 2.33. The van der Waals surface area contributed by atoms with E-state index >= 15 is 0 Å². The molecule has 1 saturated heterocycles. The molecule has 3 rings (SSSR count). The summed E-state index contributed by atoms with van der Waals surface area (Å²) < 4.78 is 0. The zero-order valence-electron chi connectivity index (χ0n) is 10.9. The van der Waals surface area contributed by atoms with Crippen molar-refractivity contribution in [2.24, 2.45) is 0 Å². The lowest BCUT2D eigenvalue weighted by atomic mass is 10.0. The standard InChI is InChI=1S/C12H17N5O2S/c1-4(20)6-10(18)11(19)8(17-6)5-2-14-9-7(5)15-3-16-12(9)13/h2-4,6,8,10-11,14,17-20H,1H3,(H2,13,15,16). The first-order valence-electron chi connectivity index (χ1n) is 6.38. The first-order valence-corrected chi connectivity index (χ1v) is 6.90. The quantitative estimate of drug-likeness (QED) is 0.419. The molecule has 5 atom stereocenters. The van der Waals surface area contributed by atoms with E-state index in [-0.39, 0.29) is 11.3 Å². The zero-order valence-corrected chi connectivity index (χ0v) is 11.7. The fourth-order valence-electron chi connectivity index (χ4n) is 2.73. The fraction of sp³-hybridized carbons (Fsp3) is 0.500. The smallest absolute Gasteiger partial charge is 0.151 e. The second-order valence-corrected chi connectivity index (χ2v) is 5.93. The molecule has 7 nitrogen and oxygen atoms in total. The SMILES string of the molecule is CC(S)C1NC(c2c[nH]c3c(N)ncnc23)C(O)C1O. The molecule has 0 radical (unpaired) electrons. The van der Waals surface area contributed by atoms with Crippen LogP contribution in [0.2, 0.25) is 0 Å². The highest BCUT2D eigenvalue weighted by Gasteiger charge is 2.44. The predicted molar refractivity (Wildman–Crippen MR) is 78.4 cm³/mol. The Kier molecular flexibility index (Phi) is 3.33. The fourth-order valence-corrected chi connectivity index (χ4v) is 2.99. The van der Waals surface area contributed by atoms with E-state index in [4.69, 9.17) is 5.73 Å². The number of hydrogen-bond donors (Lipinski definition) is 6. The predicted octanol–water partition coefficient (Wildman–Crippen LogP) is -0.407. The second kappa shape index (κ2) is 4.88. The maximum absolute atomic E-state index is 10.2. The van der Waals surface area contributed by atoms with Crippen LogP contribution in [0.4, 0.5) is 5.82 Å². The molecule has 1 aliphatic rings. The van der Waals surface area contributed by atoms with Gasteiger partial charge in [0, 0.05) is 23.1 Å². The number of aromatic amines is 1. The lowest BCUT2D eigenvalue weighted by Gasteiger charge is -2.18. The van der Waals surface area contributed by atoms with Crippen LogP contribution in [0.5, 0.6) is 0 Å². The Morgan fingerprint density at radius 1 is 1.35 bits per heavy atom. The molecule has 0 bridgehead atoms. The molecule has 3 heterocycles. The van der Waals surface area contributed by atoms with Crippen LogP contribution in [0, 0.1) is 0 Å². The van der Waals surface area contributed by atoms with Gasteiger partial charge in [0.2, 0.25) is 0 Å². The van der Waals surface area contributed by atoms with Gasteiger partial charge < -0.3 is 26.2 Å². The van der Waals surface area contributed by atoms with E-state index in [1.807, 2.05) is 6.92 Å². The van der Waals surface area contributed by atoms with E-state index < -0.39 is 18.2 Å². The third kappa shape index (κ3) is 1.96. The number of nitrogens with one attached hydrogen (secondary N) is 2. The Morgan fingerprint density at radius 2 is 2.10 bits per heavy atom. The lowest BCUT2D eigenvalue weighted by molar-refractivity contribution is 0.0283. The van der Waals surface area contributed by atoms with E-state index in [9.17, 15) is 10.2 Å². The van der Waals surface area contributed by atoms with Gasteiger partial charge in [0.15, 0.2) is 5.82 Å². The van der Waals surface area contributed by atoms with Crippen LogP contribution in [0.25, 0.3) is 11.0 Å². The molecule has 0 saturated carbocycles. The first kappa shape index (κ1) is 13.6. The van der Waals surface area contributed by atoms with Gasteiger partial charge in [-0.3, -0.25) is 0 Å². The topological polar surface area (TPSA) is 120 Å². The Labute approximate surface area is 121 Å². The molecular weight excluding hydrogens is 278 g/mol. The summed E-state index contributed by atoms with van der Waals surface area (Å²) in [6.45, 7) is 1.87. The molecule has 1 fully saturated rings. The van der Waals surface area contributed by atoms with Gasteiger partial charge in [0.05, 0.1) is 17.7 Å². The third-order valence-corrected chi connectivity index (χ3v) is 4.13. The number of hydrogen-bond acceptors (Lipinski definition) is 7. The van der Waals surface area contributed by atoms with Gasteiger partial charge in [0.1, 0.15) is 17.9 Å². The molecule has 1 aliphatic heterocycles.